The Morgan fingerprint density at radius 1 is 1.43 bits per heavy atom. The molecule has 1 aromatic rings. The molecule has 0 bridgehead atoms. The van der Waals surface area contributed by atoms with Gasteiger partial charge in [0, 0.05) is 26.2 Å². The van der Waals surface area contributed by atoms with Gasteiger partial charge in [-0.05, 0) is 31.9 Å². The predicted molar refractivity (Wildman–Crippen MR) is 79.5 cm³/mol. The van der Waals surface area contributed by atoms with Crippen LogP contribution in [0.15, 0.2) is 21.6 Å². The molecule has 1 saturated heterocycles. The highest BCUT2D eigenvalue weighted by Crippen LogP contribution is 2.26. The lowest BCUT2D eigenvalue weighted by Gasteiger charge is -2.31. The molecule has 1 fully saturated rings. The molecule has 2 rings (SSSR count). The van der Waals surface area contributed by atoms with Crippen LogP contribution in [0.25, 0.3) is 0 Å². The number of nitrogens with one attached hydrogen (secondary N) is 1. The molecule has 1 unspecified atom stereocenters. The lowest BCUT2D eigenvalue weighted by atomic mass is 10.1. The number of nitrogens with zero attached hydrogens (tertiary/aromatic N) is 1. The van der Waals surface area contributed by atoms with Crippen molar-refractivity contribution in [3.63, 3.8) is 0 Å². The van der Waals surface area contributed by atoms with E-state index in [2.05, 4.69) is 5.32 Å². The number of piperidine rings is 1. The van der Waals surface area contributed by atoms with E-state index >= 15 is 0 Å². The topological polar surface area (TPSA) is 71.8 Å². The maximum absolute atomic E-state index is 12.6. The molecule has 1 N–H and O–H groups in total. The van der Waals surface area contributed by atoms with E-state index in [-0.39, 0.29) is 11.1 Å². The molecule has 0 amide bonds. The first-order valence-corrected chi connectivity index (χ1v) is 8.80. The summed E-state index contributed by atoms with van der Waals surface area (Å²) in [5.41, 5.74) is 0. The van der Waals surface area contributed by atoms with Gasteiger partial charge in [0.15, 0.2) is 0 Å². The molecule has 0 saturated carbocycles. The molecular weight excluding hydrogens is 292 g/mol. The molecule has 1 atom stereocenters. The highest BCUT2D eigenvalue weighted by atomic mass is 32.2. The highest BCUT2D eigenvalue weighted by Gasteiger charge is 2.33. The summed E-state index contributed by atoms with van der Waals surface area (Å²) >= 11 is 0. The summed E-state index contributed by atoms with van der Waals surface area (Å²) in [5.74, 6) is 0.620. The molecule has 7 heteroatoms. The van der Waals surface area contributed by atoms with Crippen LogP contribution in [0.3, 0.4) is 0 Å². The Morgan fingerprint density at radius 2 is 2.24 bits per heavy atom. The van der Waals surface area contributed by atoms with E-state index in [0.29, 0.717) is 32.0 Å². The van der Waals surface area contributed by atoms with Gasteiger partial charge >= 0.3 is 0 Å². The van der Waals surface area contributed by atoms with Crippen LogP contribution in [0.5, 0.6) is 0 Å². The largest absolute Gasteiger partial charge is 0.447 e. The van der Waals surface area contributed by atoms with Gasteiger partial charge < -0.3 is 14.5 Å². The molecule has 1 aliphatic rings. The van der Waals surface area contributed by atoms with Crippen molar-refractivity contribution in [1.82, 2.24) is 9.62 Å². The number of sulfonamides is 1. The SMILES string of the molecule is COCCNCc1ccc(S(=O)(=O)N2CCCCC2C)o1. The molecule has 120 valence electrons. The first-order chi connectivity index (χ1) is 10.1. The molecule has 0 spiro atoms. The van der Waals surface area contributed by atoms with Crippen LogP contribution in [0, 0.1) is 0 Å². The molecule has 0 radical (unpaired) electrons. The molecule has 1 aliphatic heterocycles. The Bertz CT molecular complexity index is 541. The second-order valence-electron chi connectivity index (χ2n) is 5.35. The van der Waals surface area contributed by atoms with Crippen molar-refractivity contribution in [2.45, 2.75) is 43.9 Å². The molecule has 6 nitrogen and oxygen atoms in total. The van der Waals surface area contributed by atoms with E-state index in [1.165, 1.54) is 0 Å². The fourth-order valence-electron chi connectivity index (χ4n) is 2.52. The van der Waals surface area contributed by atoms with Gasteiger partial charge in [-0.2, -0.15) is 4.31 Å². The Labute approximate surface area is 126 Å². The van der Waals surface area contributed by atoms with Crippen molar-refractivity contribution in [3.05, 3.63) is 17.9 Å². The summed E-state index contributed by atoms with van der Waals surface area (Å²) in [6, 6.07) is 3.29. The molecule has 1 aromatic heterocycles. The number of furan rings is 1. The Morgan fingerprint density at radius 3 is 2.95 bits per heavy atom. The second kappa shape index (κ2) is 7.40. The van der Waals surface area contributed by atoms with Crippen molar-refractivity contribution < 1.29 is 17.6 Å². The van der Waals surface area contributed by atoms with Crippen LogP contribution < -0.4 is 5.32 Å². The minimum Gasteiger partial charge on any atom is -0.447 e. The lowest BCUT2D eigenvalue weighted by molar-refractivity contribution is 0.198. The van der Waals surface area contributed by atoms with Crippen LogP contribution in [0.4, 0.5) is 0 Å². The van der Waals surface area contributed by atoms with Crippen LogP contribution >= 0.6 is 0 Å². The van der Waals surface area contributed by atoms with Gasteiger partial charge in [-0.1, -0.05) is 6.42 Å². The first-order valence-electron chi connectivity index (χ1n) is 7.36. The normalized spacial score (nSPS) is 20.8. The number of ether oxygens (including phenoxy) is 1. The third-order valence-electron chi connectivity index (χ3n) is 3.72. The number of hydrogen-bond acceptors (Lipinski definition) is 5. The van der Waals surface area contributed by atoms with Gasteiger partial charge in [0.05, 0.1) is 13.2 Å². The van der Waals surface area contributed by atoms with Crippen LogP contribution in [0.1, 0.15) is 31.9 Å². The fraction of sp³-hybridized carbons (Fsp3) is 0.714. The Balaban J connectivity index is 2.02. The number of methoxy groups -OCH3 is 1. The van der Waals surface area contributed by atoms with E-state index in [4.69, 9.17) is 9.15 Å². The Hall–Kier alpha value is -0.890. The summed E-state index contributed by atoms with van der Waals surface area (Å²) in [6.07, 6.45) is 2.90. The molecular formula is C14H24N2O4S. The van der Waals surface area contributed by atoms with Crippen molar-refractivity contribution >= 4 is 10.0 Å². The third-order valence-corrected chi connectivity index (χ3v) is 5.61. The average molecular weight is 316 g/mol. The monoisotopic (exact) mass is 316 g/mol. The van der Waals surface area contributed by atoms with E-state index in [9.17, 15) is 8.42 Å². The average Bonchev–Trinajstić information content (AvgIpc) is 2.93. The van der Waals surface area contributed by atoms with Crippen molar-refractivity contribution in [3.8, 4) is 0 Å². The van der Waals surface area contributed by atoms with Gasteiger partial charge in [-0.25, -0.2) is 8.42 Å². The minimum atomic E-state index is -3.51. The molecule has 21 heavy (non-hydrogen) atoms. The maximum Gasteiger partial charge on any atom is 0.276 e. The zero-order chi connectivity index (χ0) is 15.3. The summed E-state index contributed by atoms with van der Waals surface area (Å²) in [7, 11) is -1.87. The van der Waals surface area contributed by atoms with Crippen LogP contribution in [0.2, 0.25) is 0 Å². The fourth-order valence-corrected chi connectivity index (χ4v) is 4.15. The van der Waals surface area contributed by atoms with E-state index < -0.39 is 10.0 Å². The van der Waals surface area contributed by atoms with Gasteiger partial charge in [-0.3, -0.25) is 0 Å². The van der Waals surface area contributed by atoms with E-state index in [1.54, 1.807) is 23.5 Å². The van der Waals surface area contributed by atoms with E-state index in [1.807, 2.05) is 6.92 Å². The maximum atomic E-state index is 12.6. The summed E-state index contributed by atoms with van der Waals surface area (Å²) in [5, 5.41) is 3.17. The summed E-state index contributed by atoms with van der Waals surface area (Å²) in [6.45, 7) is 4.33. The number of hydrogen-bond donors (Lipinski definition) is 1. The van der Waals surface area contributed by atoms with Crippen LogP contribution in [-0.4, -0.2) is 45.6 Å². The van der Waals surface area contributed by atoms with Crippen molar-refractivity contribution in [2.75, 3.05) is 26.8 Å². The van der Waals surface area contributed by atoms with Crippen molar-refractivity contribution in [1.29, 1.82) is 0 Å². The molecule has 0 aliphatic carbocycles. The predicted octanol–water partition coefficient (Wildman–Crippen LogP) is 1.58. The minimum absolute atomic E-state index is 0.0390. The number of rotatable bonds is 7. The highest BCUT2D eigenvalue weighted by molar-refractivity contribution is 7.89. The van der Waals surface area contributed by atoms with Gasteiger partial charge in [0.1, 0.15) is 5.76 Å². The third kappa shape index (κ3) is 4.06. The van der Waals surface area contributed by atoms with Gasteiger partial charge in [-0.15, -0.1) is 0 Å². The van der Waals surface area contributed by atoms with Gasteiger partial charge in [0.25, 0.3) is 10.0 Å². The smallest absolute Gasteiger partial charge is 0.276 e. The van der Waals surface area contributed by atoms with Gasteiger partial charge in [0.2, 0.25) is 5.09 Å². The second-order valence-corrected chi connectivity index (χ2v) is 7.17. The standard InChI is InChI=1S/C14H24N2O4S/c1-12-5-3-4-9-16(12)21(17,18)14-7-6-13(20-14)11-15-8-10-19-2/h6-7,12,15H,3-5,8-11H2,1-2H3. The summed E-state index contributed by atoms with van der Waals surface area (Å²) < 4.78 is 37.1. The Kier molecular flexibility index (Phi) is 5.80. The zero-order valence-electron chi connectivity index (χ0n) is 12.7. The molecule has 2 heterocycles. The summed E-state index contributed by atoms with van der Waals surface area (Å²) in [4.78, 5) is 0. The molecule has 0 aromatic carbocycles. The lowest BCUT2D eigenvalue weighted by Crippen LogP contribution is -2.41. The van der Waals surface area contributed by atoms with Crippen LogP contribution in [-0.2, 0) is 21.3 Å². The van der Waals surface area contributed by atoms with Crippen molar-refractivity contribution in [2.24, 2.45) is 0 Å². The zero-order valence-corrected chi connectivity index (χ0v) is 13.5. The van der Waals surface area contributed by atoms with E-state index in [0.717, 1.165) is 19.3 Å². The quantitative estimate of drug-likeness (QED) is 0.773. The first kappa shape index (κ1) is 16.5.